The quantitative estimate of drug-likeness (QED) is 0.727. The number of piperidine rings is 1. The van der Waals surface area contributed by atoms with Gasteiger partial charge in [0, 0.05) is 12.1 Å². The predicted molar refractivity (Wildman–Crippen MR) is 106 cm³/mol. The second-order valence-electron chi connectivity index (χ2n) is 7.69. The number of hydrogen-bond donors (Lipinski definition) is 0. The third-order valence-electron chi connectivity index (χ3n) is 5.93. The number of hydrogen-bond acceptors (Lipinski definition) is 2. The third kappa shape index (κ3) is 3.56. The van der Waals surface area contributed by atoms with Crippen LogP contribution in [0.15, 0.2) is 54.6 Å². The van der Waals surface area contributed by atoms with Gasteiger partial charge in [0.2, 0.25) is 0 Å². The van der Waals surface area contributed by atoms with Crippen LogP contribution in [0, 0.1) is 19.3 Å². The first-order valence-corrected chi connectivity index (χ1v) is 9.71. The minimum atomic E-state index is 0.000355. The van der Waals surface area contributed by atoms with Crippen LogP contribution >= 0.6 is 0 Å². The average Bonchev–Trinajstić information content (AvgIpc) is 2.90. The van der Waals surface area contributed by atoms with Crippen LogP contribution in [0.4, 0.5) is 0 Å². The van der Waals surface area contributed by atoms with Gasteiger partial charge in [-0.2, -0.15) is 0 Å². The average molecular weight is 345 g/mol. The van der Waals surface area contributed by atoms with Crippen molar-refractivity contribution in [3.63, 3.8) is 0 Å². The number of nitrogens with zero attached hydrogens (tertiary/aromatic N) is 1. The summed E-state index contributed by atoms with van der Waals surface area (Å²) in [7, 11) is 0. The molecule has 4 rings (SSSR count). The van der Waals surface area contributed by atoms with Crippen LogP contribution in [0.2, 0.25) is 0 Å². The van der Waals surface area contributed by atoms with Crippen LogP contribution in [0.1, 0.15) is 48.5 Å². The van der Waals surface area contributed by atoms with Crippen LogP contribution in [0.3, 0.4) is 0 Å². The summed E-state index contributed by atoms with van der Waals surface area (Å²) in [5.41, 5.74) is 3.75. The molecule has 0 saturated carbocycles. The van der Waals surface area contributed by atoms with Crippen molar-refractivity contribution in [3.8, 4) is 12.3 Å². The summed E-state index contributed by atoms with van der Waals surface area (Å²) in [5, 5.41) is 0. The molecule has 4 atom stereocenters. The predicted octanol–water partition coefficient (Wildman–Crippen LogP) is 4.73. The molecule has 0 aliphatic carbocycles. The lowest BCUT2D eigenvalue weighted by Crippen LogP contribution is -2.45. The van der Waals surface area contributed by atoms with E-state index in [1.807, 2.05) is 0 Å². The van der Waals surface area contributed by atoms with E-state index in [-0.39, 0.29) is 6.10 Å². The molecular weight excluding hydrogens is 318 g/mol. The van der Waals surface area contributed by atoms with Crippen molar-refractivity contribution >= 4 is 0 Å². The van der Waals surface area contributed by atoms with Crippen LogP contribution < -0.4 is 0 Å². The fourth-order valence-corrected chi connectivity index (χ4v) is 4.61. The summed E-state index contributed by atoms with van der Waals surface area (Å²) >= 11 is 0. The van der Waals surface area contributed by atoms with E-state index in [1.54, 1.807) is 0 Å². The van der Waals surface area contributed by atoms with E-state index in [0.717, 1.165) is 19.4 Å². The highest BCUT2D eigenvalue weighted by molar-refractivity contribution is 5.32. The molecule has 2 saturated heterocycles. The molecule has 0 amide bonds. The molecule has 0 radical (unpaired) electrons. The zero-order chi connectivity index (χ0) is 17.9. The van der Waals surface area contributed by atoms with Crippen LogP contribution in [-0.4, -0.2) is 29.6 Å². The Kier molecular flexibility index (Phi) is 5.11. The van der Waals surface area contributed by atoms with Gasteiger partial charge in [0.15, 0.2) is 0 Å². The Morgan fingerprint density at radius 3 is 2.23 bits per heavy atom. The lowest BCUT2D eigenvalue weighted by Gasteiger charge is -2.39. The van der Waals surface area contributed by atoms with Gasteiger partial charge < -0.3 is 4.74 Å². The Morgan fingerprint density at radius 2 is 1.62 bits per heavy atom. The highest BCUT2D eigenvalue weighted by atomic mass is 16.5. The first kappa shape index (κ1) is 17.3. The van der Waals surface area contributed by atoms with Gasteiger partial charge in [-0.25, -0.2) is 0 Å². The third-order valence-corrected chi connectivity index (χ3v) is 5.93. The smallest absolute Gasteiger partial charge is 0.108 e. The Morgan fingerprint density at radius 1 is 1.00 bits per heavy atom. The molecule has 0 spiro atoms. The summed E-state index contributed by atoms with van der Waals surface area (Å²) < 4.78 is 6.73. The van der Waals surface area contributed by atoms with Crippen molar-refractivity contribution < 1.29 is 4.74 Å². The molecule has 0 aromatic heterocycles. The van der Waals surface area contributed by atoms with Crippen molar-refractivity contribution in [2.24, 2.45) is 0 Å². The maximum atomic E-state index is 6.73. The van der Waals surface area contributed by atoms with E-state index in [9.17, 15) is 0 Å². The molecule has 2 heteroatoms. The first-order valence-electron chi connectivity index (χ1n) is 9.71. The number of ether oxygens (including phenoxy) is 1. The number of rotatable bonds is 5. The monoisotopic (exact) mass is 345 g/mol. The molecule has 134 valence electrons. The molecule has 2 heterocycles. The van der Waals surface area contributed by atoms with Gasteiger partial charge in [0.05, 0.1) is 12.6 Å². The van der Waals surface area contributed by atoms with Crippen LogP contribution in [0.5, 0.6) is 0 Å². The number of fused-ring (bicyclic) bond motifs is 2. The topological polar surface area (TPSA) is 12.5 Å². The SMILES string of the molecule is C#CCN1[C@@H]2CC[C@H]1CC(OC(c1ccccc1)c1ccc(C)cc1)C2. The highest BCUT2D eigenvalue weighted by Crippen LogP contribution is 2.39. The molecular formula is C24H27NO. The molecule has 0 N–H and O–H groups in total. The number of aryl methyl sites for hydroxylation is 1. The Hall–Kier alpha value is -2.08. The summed E-state index contributed by atoms with van der Waals surface area (Å²) in [6.07, 6.45) is 10.6. The normalized spacial score (nSPS) is 26.4. The van der Waals surface area contributed by atoms with Gasteiger partial charge in [0.25, 0.3) is 0 Å². The lowest BCUT2D eigenvalue weighted by molar-refractivity contribution is -0.0453. The second-order valence-corrected chi connectivity index (χ2v) is 7.69. The minimum Gasteiger partial charge on any atom is -0.365 e. The van der Waals surface area contributed by atoms with Crippen LogP contribution in [0.25, 0.3) is 0 Å². The van der Waals surface area contributed by atoms with Gasteiger partial charge in [-0.3, -0.25) is 4.90 Å². The van der Waals surface area contributed by atoms with E-state index in [4.69, 9.17) is 11.2 Å². The van der Waals surface area contributed by atoms with Gasteiger partial charge >= 0.3 is 0 Å². The Bertz CT molecular complexity index is 747. The van der Waals surface area contributed by atoms with Gasteiger partial charge in [-0.15, -0.1) is 6.42 Å². The van der Waals surface area contributed by atoms with Crippen LogP contribution in [-0.2, 0) is 4.74 Å². The van der Waals surface area contributed by atoms with E-state index in [2.05, 4.69) is 72.3 Å². The fourth-order valence-electron chi connectivity index (χ4n) is 4.61. The molecule has 2 unspecified atom stereocenters. The highest BCUT2D eigenvalue weighted by Gasteiger charge is 2.41. The van der Waals surface area contributed by atoms with Crippen molar-refractivity contribution in [1.82, 2.24) is 4.90 Å². The second kappa shape index (κ2) is 7.66. The molecule has 2 aromatic rings. The zero-order valence-corrected chi connectivity index (χ0v) is 15.5. The molecule has 2 aliphatic heterocycles. The zero-order valence-electron chi connectivity index (χ0n) is 15.5. The van der Waals surface area contributed by atoms with E-state index in [1.165, 1.54) is 29.5 Å². The Labute approximate surface area is 157 Å². The van der Waals surface area contributed by atoms with E-state index < -0.39 is 0 Å². The summed E-state index contributed by atoms with van der Waals surface area (Å²) in [4.78, 5) is 2.52. The summed E-state index contributed by atoms with van der Waals surface area (Å²) in [6, 6.07) is 20.5. The number of benzene rings is 2. The van der Waals surface area contributed by atoms with Gasteiger partial charge in [0.1, 0.15) is 6.10 Å². The van der Waals surface area contributed by atoms with Crippen molar-refractivity contribution in [2.75, 3.05) is 6.54 Å². The van der Waals surface area contributed by atoms with Crippen molar-refractivity contribution in [1.29, 1.82) is 0 Å². The lowest BCUT2D eigenvalue weighted by atomic mass is 9.97. The largest absolute Gasteiger partial charge is 0.365 e. The molecule has 2 fully saturated rings. The molecule has 2 nitrogen and oxygen atoms in total. The maximum Gasteiger partial charge on any atom is 0.108 e. The van der Waals surface area contributed by atoms with Gasteiger partial charge in [-0.05, 0) is 43.7 Å². The maximum absolute atomic E-state index is 6.73. The molecule has 26 heavy (non-hydrogen) atoms. The van der Waals surface area contributed by atoms with E-state index in [0.29, 0.717) is 18.2 Å². The first-order chi connectivity index (χ1) is 12.7. The fraction of sp³-hybridized carbons (Fsp3) is 0.417. The number of terminal acetylenes is 1. The van der Waals surface area contributed by atoms with Crippen molar-refractivity contribution in [3.05, 3.63) is 71.3 Å². The molecule has 2 aromatic carbocycles. The molecule has 2 aliphatic rings. The van der Waals surface area contributed by atoms with Gasteiger partial charge in [-0.1, -0.05) is 66.1 Å². The standard InChI is InChI=1S/C24H27NO/c1-3-15-25-21-13-14-22(25)17-23(16-21)26-24(19-7-5-4-6-8-19)20-11-9-18(2)10-12-20/h1,4-12,21-24H,13-17H2,2H3/t21-,22+,23?,24?. The summed E-state index contributed by atoms with van der Waals surface area (Å²) in [5.74, 6) is 2.84. The minimum absolute atomic E-state index is 0.000355. The summed E-state index contributed by atoms with van der Waals surface area (Å²) in [6.45, 7) is 2.91. The molecule has 2 bridgehead atoms. The Balaban J connectivity index is 1.55. The van der Waals surface area contributed by atoms with Crippen molar-refractivity contribution in [2.45, 2.75) is 56.9 Å². The van der Waals surface area contributed by atoms with E-state index >= 15 is 0 Å².